The van der Waals surface area contributed by atoms with Crippen molar-refractivity contribution in [3.8, 4) is 5.75 Å². The zero-order valence-corrected chi connectivity index (χ0v) is 26.6. The molecule has 5 nitrogen and oxygen atoms in total. The third-order valence-electron chi connectivity index (χ3n) is 8.42. The number of hydrogen-bond donors (Lipinski definition) is 1. The van der Waals surface area contributed by atoms with E-state index in [1.54, 1.807) is 0 Å². The van der Waals surface area contributed by atoms with Crippen molar-refractivity contribution in [1.29, 1.82) is 0 Å². The first kappa shape index (κ1) is 32.4. The van der Waals surface area contributed by atoms with Crippen molar-refractivity contribution in [2.75, 3.05) is 40.0 Å². The van der Waals surface area contributed by atoms with Gasteiger partial charge >= 0.3 is 215 Å². The van der Waals surface area contributed by atoms with E-state index in [0.717, 1.165) is 77.5 Å². The molecule has 0 aliphatic heterocycles. The van der Waals surface area contributed by atoms with Crippen LogP contribution >= 0.6 is 6.83 Å². The Kier molecular flexibility index (Phi) is 11.5. The second kappa shape index (κ2) is 15.3. The number of carbonyl (C=O) groups excluding carboxylic acids is 1. The Labute approximate surface area is 257 Å². The first-order valence-corrected chi connectivity index (χ1v) is 17.7. The molecule has 0 spiro atoms. The van der Waals surface area contributed by atoms with Gasteiger partial charge in [0.05, 0.1) is 20.7 Å². The summed E-state index contributed by atoms with van der Waals surface area (Å²) < 4.78 is 13.3. The Morgan fingerprint density at radius 1 is 0.674 bits per heavy atom. The zero-order valence-electron chi connectivity index (χ0n) is 25.7. The molecular weight excluding hydrogens is 553 g/mol. The van der Waals surface area contributed by atoms with Crippen molar-refractivity contribution in [2.24, 2.45) is 0 Å². The standard InChI is InChI=1S/C37H47NO4P/c1-38(2,27-28-39)31-33-23-25-34(26-24-33)41-29-15-4-3-5-16-30-43(42-32-40,35-17-9-6-10-18-35,36-19-11-7-12-20-36)37-21-13-8-14-22-37/h6-14,17-26,32,39H,3-5,15-16,27-31H2,1-2H3/q+1. The van der Waals surface area contributed by atoms with Crippen molar-refractivity contribution >= 4 is 29.2 Å². The van der Waals surface area contributed by atoms with Crippen LogP contribution in [0.25, 0.3) is 0 Å². The summed E-state index contributed by atoms with van der Waals surface area (Å²) in [7, 11) is 4.26. The number of quaternary nitrogens is 1. The summed E-state index contributed by atoms with van der Waals surface area (Å²) in [6.45, 7) is -0.381. The SMILES string of the molecule is C[N+](C)(CCO)Cc1ccc(OCCCCCCCP(OC=O)(c2ccccc2)(c2ccccc2)c2ccccc2)cc1. The van der Waals surface area contributed by atoms with E-state index in [1.807, 2.05) is 66.7 Å². The minimum atomic E-state index is -3.54. The van der Waals surface area contributed by atoms with Gasteiger partial charge in [-0.2, -0.15) is 0 Å². The van der Waals surface area contributed by atoms with Crippen LogP contribution in [0, 0.1) is 0 Å². The summed E-state index contributed by atoms with van der Waals surface area (Å²) in [5.74, 6) is 0.896. The van der Waals surface area contributed by atoms with E-state index >= 15 is 0 Å². The van der Waals surface area contributed by atoms with Gasteiger partial charge < -0.3 is 9.59 Å². The number of unbranched alkanes of at least 4 members (excludes halogenated alkanes) is 4. The Morgan fingerprint density at radius 2 is 1.16 bits per heavy atom. The van der Waals surface area contributed by atoms with E-state index in [4.69, 9.17) is 9.26 Å². The molecule has 0 aliphatic carbocycles. The van der Waals surface area contributed by atoms with E-state index in [1.165, 1.54) is 5.56 Å². The van der Waals surface area contributed by atoms with Gasteiger partial charge in [-0.15, -0.1) is 0 Å². The number of ether oxygens (including phenoxy) is 1. The van der Waals surface area contributed by atoms with Crippen LogP contribution in [0.5, 0.6) is 5.75 Å². The molecule has 4 rings (SSSR count). The number of aliphatic hydroxyl groups excluding tert-OH is 1. The third-order valence-corrected chi connectivity index (χ3v) is 14.3. The quantitative estimate of drug-likeness (QED) is 0.0640. The summed E-state index contributed by atoms with van der Waals surface area (Å²) in [5.41, 5.74) is 1.24. The van der Waals surface area contributed by atoms with E-state index in [-0.39, 0.29) is 6.61 Å². The number of aliphatic hydroxyl groups is 1. The van der Waals surface area contributed by atoms with Gasteiger partial charge in [-0.05, 0) is 0 Å². The van der Waals surface area contributed by atoms with Crippen LogP contribution in [0.3, 0.4) is 0 Å². The molecular formula is C37H47NO4P+. The number of nitrogens with zero attached hydrogens (tertiary/aromatic N) is 1. The molecule has 0 bridgehead atoms. The summed E-state index contributed by atoms with van der Waals surface area (Å²) in [4.78, 5) is 12.4. The fourth-order valence-electron chi connectivity index (χ4n) is 6.17. The van der Waals surface area contributed by atoms with Crippen molar-refractivity contribution in [2.45, 2.75) is 38.6 Å². The number of carbonyl (C=O) groups is 1. The maximum absolute atomic E-state index is 12.4. The predicted molar refractivity (Wildman–Crippen MR) is 180 cm³/mol. The van der Waals surface area contributed by atoms with Crippen molar-refractivity contribution in [3.05, 3.63) is 121 Å². The number of likely N-dealkylation sites (N-methyl/N-ethyl adjacent to an activating group) is 1. The topological polar surface area (TPSA) is 55.8 Å². The molecule has 0 aromatic heterocycles. The average molecular weight is 601 g/mol. The molecule has 228 valence electrons. The number of rotatable bonds is 18. The van der Waals surface area contributed by atoms with Crippen LogP contribution in [0.15, 0.2) is 115 Å². The van der Waals surface area contributed by atoms with Crippen molar-refractivity contribution in [3.63, 3.8) is 0 Å². The van der Waals surface area contributed by atoms with Gasteiger partial charge in [-0.25, -0.2) is 0 Å². The fraction of sp³-hybridized carbons (Fsp3) is 0.324. The van der Waals surface area contributed by atoms with Gasteiger partial charge in [-0.1, -0.05) is 0 Å². The Hall–Kier alpha value is -3.50. The van der Waals surface area contributed by atoms with Gasteiger partial charge in [-0.3, -0.25) is 0 Å². The molecule has 0 aliphatic rings. The van der Waals surface area contributed by atoms with E-state index in [0.29, 0.717) is 13.1 Å². The van der Waals surface area contributed by atoms with Crippen LogP contribution < -0.4 is 20.7 Å². The van der Waals surface area contributed by atoms with Crippen molar-refractivity contribution in [1.82, 2.24) is 0 Å². The van der Waals surface area contributed by atoms with Crippen molar-refractivity contribution < 1.29 is 23.6 Å². The molecule has 0 fully saturated rings. The van der Waals surface area contributed by atoms with Gasteiger partial charge in [0.15, 0.2) is 0 Å². The fourth-order valence-corrected chi connectivity index (χ4v) is 11.7. The Balaban J connectivity index is 1.38. The molecule has 4 aromatic rings. The van der Waals surface area contributed by atoms with Gasteiger partial charge in [0.2, 0.25) is 0 Å². The van der Waals surface area contributed by atoms with Gasteiger partial charge in [0.25, 0.3) is 0 Å². The van der Waals surface area contributed by atoms with Crippen LogP contribution in [-0.4, -0.2) is 56.1 Å². The second-order valence-electron chi connectivity index (χ2n) is 11.9. The summed E-state index contributed by atoms with van der Waals surface area (Å²) >= 11 is 0. The first-order valence-electron chi connectivity index (χ1n) is 15.4. The van der Waals surface area contributed by atoms with Crippen LogP contribution in [0.2, 0.25) is 0 Å². The van der Waals surface area contributed by atoms with Gasteiger partial charge in [0, 0.05) is 0 Å². The molecule has 0 amide bonds. The molecule has 0 unspecified atom stereocenters. The predicted octanol–water partition coefficient (Wildman–Crippen LogP) is 6.20. The molecule has 6 heteroatoms. The minimum absolute atomic E-state index is 0.191. The Bertz CT molecular complexity index is 1280. The summed E-state index contributed by atoms with van der Waals surface area (Å²) in [6, 6.07) is 39.4. The van der Waals surface area contributed by atoms with E-state index < -0.39 is 6.83 Å². The summed E-state index contributed by atoms with van der Waals surface area (Å²) in [6.07, 6.45) is 5.91. The third kappa shape index (κ3) is 7.72. The molecule has 0 heterocycles. The van der Waals surface area contributed by atoms with Crippen LogP contribution in [0.1, 0.15) is 37.7 Å². The summed E-state index contributed by atoms with van der Waals surface area (Å²) in [5, 5.41) is 12.5. The first-order chi connectivity index (χ1) is 20.9. The second-order valence-corrected chi connectivity index (χ2v) is 16.6. The maximum atomic E-state index is 12.4. The molecule has 0 radical (unpaired) electrons. The molecule has 0 saturated carbocycles. The normalized spacial score (nSPS) is 12.7. The number of benzene rings is 4. The molecule has 1 N–H and O–H groups in total. The molecule has 0 saturated heterocycles. The zero-order chi connectivity index (χ0) is 30.5. The van der Waals surface area contributed by atoms with E-state index in [9.17, 15) is 9.90 Å². The monoisotopic (exact) mass is 600 g/mol. The average Bonchev–Trinajstić information content (AvgIpc) is 3.04. The molecule has 43 heavy (non-hydrogen) atoms. The van der Waals surface area contributed by atoms with Crippen LogP contribution in [-0.2, 0) is 15.9 Å². The Morgan fingerprint density at radius 3 is 1.65 bits per heavy atom. The molecule has 4 aromatic carbocycles. The van der Waals surface area contributed by atoms with Gasteiger partial charge in [0.1, 0.15) is 13.1 Å². The van der Waals surface area contributed by atoms with Crippen LogP contribution in [0.4, 0.5) is 0 Å². The molecule has 0 atom stereocenters. The van der Waals surface area contributed by atoms with E-state index in [2.05, 4.69) is 62.6 Å². The number of hydrogen-bond acceptors (Lipinski definition) is 4.